The number of carbonyl (C=O) groups excluding carboxylic acids is 1. The van der Waals surface area contributed by atoms with E-state index in [0.29, 0.717) is 24.7 Å². The molecule has 4 nitrogen and oxygen atoms in total. The topological polar surface area (TPSA) is 66.8 Å². The molecule has 0 unspecified atom stereocenters. The maximum absolute atomic E-state index is 11.7. The number of aliphatic hydroxyl groups is 1. The summed E-state index contributed by atoms with van der Waals surface area (Å²) >= 11 is 0. The predicted octanol–water partition coefficient (Wildman–Crippen LogP) is 3.15. The summed E-state index contributed by atoms with van der Waals surface area (Å²) in [4.78, 5) is 11.7. The Bertz CT molecular complexity index is 794. The number of fused-ring (bicyclic) bond motifs is 5. The molecule has 2 N–H and O–H groups in total. The number of rotatable bonds is 1. The van der Waals surface area contributed by atoms with Crippen molar-refractivity contribution in [3.8, 4) is 18.1 Å². The first-order valence-electron chi connectivity index (χ1n) is 9.48. The fourth-order valence-corrected chi connectivity index (χ4v) is 6.32. The number of aliphatic hydroxyl groups excluding tert-OH is 1. The fourth-order valence-electron chi connectivity index (χ4n) is 6.32. The number of phenols is 1. The van der Waals surface area contributed by atoms with Gasteiger partial charge in [0.25, 0.3) is 0 Å². The van der Waals surface area contributed by atoms with Crippen LogP contribution >= 0.6 is 0 Å². The van der Waals surface area contributed by atoms with Gasteiger partial charge in [-0.3, -0.25) is 4.79 Å². The van der Waals surface area contributed by atoms with Crippen LogP contribution in [0.3, 0.4) is 0 Å². The van der Waals surface area contributed by atoms with Crippen LogP contribution in [0, 0.1) is 29.6 Å². The van der Waals surface area contributed by atoms with Gasteiger partial charge in [0, 0.05) is 18.3 Å². The van der Waals surface area contributed by atoms with Crippen LogP contribution in [0.2, 0.25) is 0 Å². The van der Waals surface area contributed by atoms with Gasteiger partial charge in [0.15, 0.2) is 5.60 Å². The van der Waals surface area contributed by atoms with Crippen molar-refractivity contribution in [1.82, 2.24) is 0 Å². The molecule has 3 aliphatic carbocycles. The molecular weight excluding hydrogens is 328 g/mol. The highest BCUT2D eigenvalue weighted by Crippen LogP contribution is 2.65. The fraction of sp³-hybridized carbons (Fsp3) is 0.591. The molecular formula is C22H26O4. The highest BCUT2D eigenvalue weighted by atomic mass is 16.6. The van der Waals surface area contributed by atoms with Gasteiger partial charge in [0.1, 0.15) is 5.75 Å². The highest BCUT2D eigenvalue weighted by molar-refractivity contribution is 5.67. The molecule has 0 heterocycles. The summed E-state index contributed by atoms with van der Waals surface area (Å²) in [5, 5.41) is 20.9. The maximum Gasteiger partial charge on any atom is 0.304 e. The number of ether oxygens (including phenoxy) is 1. The second-order valence-electron chi connectivity index (χ2n) is 8.51. The summed E-state index contributed by atoms with van der Waals surface area (Å²) < 4.78 is 5.71. The minimum Gasteiger partial charge on any atom is -0.508 e. The van der Waals surface area contributed by atoms with E-state index in [1.807, 2.05) is 12.1 Å². The largest absolute Gasteiger partial charge is 0.508 e. The molecule has 3 aliphatic rings. The lowest BCUT2D eigenvalue weighted by Gasteiger charge is -2.54. The van der Waals surface area contributed by atoms with Crippen molar-refractivity contribution >= 4 is 5.97 Å². The Kier molecular flexibility index (Phi) is 3.86. The number of terminal acetylenes is 1. The number of aromatic hydroxyl groups is 1. The average molecular weight is 354 g/mol. The first-order valence-corrected chi connectivity index (χ1v) is 9.48. The normalized spacial score (nSPS) is 40.7. The summed E-state index contributed by atoms with van der Waals surface area (Å²) in [6.07, 6.45) is 9.28. The van der Waals surface area contributed by atoms with E-state index in [-0.39, 0.29) is 17.6 Å². The third kappa shape index (κ3) is 2.23. The molecule has 1 aromatic carbocycles. The van der Waals surface area contributed by atoms with Gasteiger partial charge < -0.3 is 14.9 Å². The lowest BCUT2D eigenvalue weighted by molar-refractivity contribution is -0.171. The Balaban J connectivity index is 1.75. The van der Waals surface area contributed by atoms with Crippen LogP contribution in [0.1, 0.15) is 56.6 Å². The number of hydrogen-bond acceptors (Lipinski definition) is 4. The number of carbonyl (C=O) groups is 1. The molecule has 0 aromatic heterocycles. The van der Waals surface area contributed by atoms with E-state index in [0.717, 1.165) is 30.4 Å². The maximum atomic E-state index is 11.7. The summed E-state index contributed by atoms with van der Waals surface area (Å²) in [6.45, 7) is 3.50. The monoisotopic (exact) mass is 354 g/mol. The zero-order valence-electron chi connectivity index (χ0n) is 15.4. The number of esters is 1. The molecule has 6 atom stereocenters. The molecule has 26 heavy (non-hydrogen) atoms. The molecule has 2 saturated carbocycles. The zero-order valence-corrected chi connectivity index (χ0v) is 15.4. The number of aryl methyl sites for hydroxylation is 1. The van der Waals surface area contributed by atoms with Crippen molar-refractivity contribution in [3.05, 3.63) is 29.3 Å². The van der Waals surface area contributed by atoms with Gasteiger partial charge in [0.2, 0.25) is 0 Å². The van der Waals surface area contributed by atoms with Crippen molar-refractivity contribution < 1.29 is 19.7 Å². The van der Waals surface area contributed by atoms with E-state index in [2.05, 4.69) is 12.8 Å². The SMILES string of the molecule is C#C[C@@]1(OC(C)=O)CC[C@H]2[C@H]3CCc4cc(O)ccc4[C@@H]3[C@@H](O)C[C@@]21C. The van der Waals surface area contributed by atoms with E-state index in [1.165, 1.54) is 6.92 Å². The summed E-state index contributed by atoms with van der Waals surface area (Å²) in [6, 6.07) is 5.50. The van der Waals surface area contributed by atoms with Crippen molar-refractivity contribution in [1.29, 1.82) is 0 Å². The standard InChI is InChI=1S/C22H26O4/c1-4-22(26-13(2)23)10-9-18-17-7-5-14-11-15(24)6-8-16(14)20(17)19(25)12-21(18,22)3/h1,6,8,11,17-20,24-25H,5,7,9-10,12H2,2-3H3/t17-,18+,19+,20+,21+,22-/m1/s1. The molecule has 4 heteroatoms. The van der Waals surface area contributed by atoms with E-state index in [4.69, 9.17) is 11.2 Å². The van der Waals surface area contributed by atoms with Gasteiger partial charge in [-0.2, -0.15) is 0 Å². The number of hydrogen-bond donors (Lipinski definition) is 2. The molecule has 0 radical (unpaired) electrons. The zero-order chi connectivity index (χ0) is 18.7. The van der Waals surface area contributed by atoms with Crippen molar-refractivity contribution in [2.75, 3.05) is 0 Å². The quantitative estimate of drug-likeness (QED) is 0.601. The van der Waals surface area contributed by atoms with Crippen LogP contribution in [-0.2, 0) is 16.0 Å². The molecule has 1 aromatic rings. The minimum absolute atomic E-state index is 0.0586. The van der Waals surface area contributed by atoms with Crippen molar-refractivity contribution in [3.63, 3.8) is 0 Å². The van der Waals surface area contributed by atoms with E-state index in [1.54, 1.807) is 6.07 Å². The molecule has 0 aliphatic heterocycles. The lowest BCUT2D eigenvalue weighted by atomic mass is 9.52. The van der Waals surface area contributed by atoms with Gasteiger partial charge in [0.05, 0.1) is 6.10 Å². The lowest BCUT2D eigenvalue weighted by Crippen LogP contribution is -2.55. The van der Waals surface area contributed by atoms with Crippen LogP contribution < -0.4 is 0 Å². The van der Waals surface area contributed by atoms with E-state index in [9.17, 15) is 15.0 Å². The van der Waals surface area contributed by atoms with Crippen LogP contribution in [0.5, 0.6) is 5.75 Å². The van der Waals surface area contributed by atoms with Crippen LogP contribution in [-0.4, -0.2) is 27.9 Å². The second-order valence-corrected chi connectivity index (χ2v) is 8.51. The molecule has 4 rings (SSSR count). The first kappa shape index (κ1) is 17.4. The summed E-state index contributed by atoms with van der Waals surface area (Å²) in [5.74, 6) is 3.41. The summed E-state index contributed by atoms with van der Waals surface area (Å²) in [7, 11) is 0. The molecule has 138 valence electrons. The van der Waals surface area contributed by atoms with Gasteiger partial charge in [-0.1, -0.05) is 18.9 Å². The Morgan fingerprint density at radius 3 is 2.85 bits per heavy atom. The van der Waals surface area contributed by atoms with Crippen LogP contribution in [0.4, 0.5) is 0 Å². The van der Waals surface area contributed by atoms with Crippen LogP contribution in [0.25, 0.3) is 0 Å². The Hall–Kier alpha value is -1.99. The number of benzene rings is 1. The number of phenolic OH excluding ortho intramolecular Hbond substituents is 1. The molecule has 0 saturated heterocycles. The first-order chi connectivity index (χ1) is 12.3. The average Bonchev–Trinajstić information content (AvgIpc) is 2.86. The Morgan fingerprint density at radius 1 is 1.38 bits per heavy atom. The third-order valence-corrected chi connectivity index (χ3v) is 7.36. The Labute approximate surface area is 154 Å². The molecule has 2 fully saturated rings. The smallest absolute Gasteiger partial charge is 0.304 e. The second kappa shape index (κ2) is 5.76. The summed E-state index contributed by atoms with van der Waals surface area (Å²) in [5.41, 5.74) is 0.946. The minimum atomic E-state index is -0.926. The van der Waals surface area contributed by atoms with Crippen molar-refractivity contribution in [2.24, 2.45) is 17.3 Å². The van der Waals surface area contributed by atoms with E-state index >= 15 is 0 Å². The van der Waals surface area contributed by atoms with Crippen molar-refractivity contribution in [2.45, 2.75) is 63.6 Å². The van der Waals surface area contributed by atoms with Gasteiger partial charge >= 0.3 is 5.97 Å². The van der Waals surface area contributed by atoms with Gasteiger partial charge in [-0.15, -0.1) is 6.42 Å². The van der Waals surface area contributed by atoms with E-state index < -0.39 is 17.1 Å². The third-order valence-electron chi connectivity index (χ3n) is 7.36. The van der Waals surface area contributed by atoms with Gasteiger partial charge in [-0.05, 0) is 67.2 Å². The van der Waals surface area contributed by atoms with Crippen LogP contribution in [0.15, 0.2) is 18.2 Å². The predicted molar refractivity (Wildman–Crippen MR) is 97.4 cm³/mol. The van der Waals surface area contributed by atoms with Gasteiger partial charge in [-0.25, -0.2) is 0 Å². The highest BCUT2D eigenvalue weighted by Gasteiger charge is 2.65. The Morgan fingerprint density at radius 2 is 2.15 bits per heavy atom. The molecule has 0 amide bonds. The molecule has 0 bridgehead atoms. The molecule has 0 spiro atoms.